The van der Waals surface area contributed by atoms with Crippen molar-refractivity contribution in [2.24, 2.45) is 5.73 Å². The van der Waals surface area contributed by atoms with Crippen LogP contribution in [0.15, 0.2) is 42.5 Å². The van der Waals surface area contributed by atoms with Crippen molar-refractivity contribution in [1.29, 1.82) is 0 Å². The molecule has 4 heteroatoms. The molecule has 0 fully saturated rings. The number of hydrogen-bond acceptors (Lipinski definition) is 3. The molecule has 0 saturated heterocycles. The fourth-order valence-corrected chi connectivity index (χ4v) is 2.33. The van der Waals surface area contributed by atoms with Gasteiger partial charge in [-0.3, -0.25) is 0 Å². The molecule has 0 radical (unpaired) electrons. The number of rotatable bonds is 5. The van der Waals surface area contributed by atoms with Crippen LogP contribution in [-0.4, -0.2) is 14.2 Å². The van der Waals surface area contributed by atoms with Crippen molar-refractivity contribution in [1.82, 2.24) is 0 Å². The summed E-state index contributed by atoms with van der Waals surface area (Å²) in [4.78, 5) is 0. The van der Waals surface area contributed by atoms with Gasteiger partial charge in [0, 0.05) is 11.1 Å². The Balaban J connectivity index is 2.24. The van der Waals surface area contributed by atoms with Crippen molar-refractivity contribution >= 4 is 11.6 Å². The first-order valence-electron chi connectivity index (χ1n) is 6.36. The number of methoxy groups -OCH3 is 2. The average molecular weight is 292 g/mol. The van der Waals surface area contributed by atoms with Crippen molar-refractivity contribution in [2.45, 2.75) is 12.5 Å². The van der Waals surface area contributed by atoms with E-state index in [0.29, 0.717) is 11.4 Å². The Labute approximate surface area is 124 Å². The predicted molar refractivity (Wildman–Crippen MR) is 81.6 cm³/mol. The third-order valence-corrected chi connectivity index (χ3v) is 3.44. The van der Waals surface area contributed by atoms with E-state index in [1.807, 2.05) is 42.5 Å². The van der Waals surface area contributed by atoms with E-state index in [2.05, 4.69) is 0 Å². The molecular weight excluding hydrogens is 274 g/mol. The van der Waals surface area contributed by atoms with Crippen LogP contribution in [0, 0.1) is 0 Å². The Morgan fingerprint density at radius 1 is 1.10 bits per heavy atom. The molecular formula is C16H18ClNO2. The summed E-state index contributed by atoms with van der Waals surface area (Å²) >= 11 is 6.00. The quantitative estimate of drug-likeness (QED) is 0.915. The fourth-order valence-electron chi connectivity index (χ4n) is 2.13. The third kappa shape index (κ3) is 3.44. The summed E-state index contributed by atoms with van der Waals surface area (Å²) in [5.74, 6) is 1.60. The number of nitrogens with two attached hydrogens (primary N) is 1. The molecule has 0 aliphatic carbocycles. The molecule has 1 unspecified atom stereocenters. The molecule has 0 saturated carbocycles. The van der Waals surface area contributed by atoms with Gasteiger partial charge in [-0.2, -0.15) is 0 Å². The van der Waals surface area contributed by atoms with Crippen molar-refractivity contribution in [3.8, 4) is 11.5 Å². The van der Waals surface area contributed by atoms with E-state index in [-0.39, 0.29) is 6.04 Å². The maximum absolute atomic E-state index is 6.26. The van der Waals surface area contributed by atoms with Crippen LogP contribution in [0.4, 0.5) is 0 Å². The van der Waals surface area contributed by atoms with Gasteiger partial charge in [-0.05, 0) is 47.9 Å². The Morgan fingerprint density at radius 2 is 1.90 bits per heavy atom. The molecule has 0 aromatic heterocycles. The Morgan fingerprint density at radius 3 is 2.55 bits per heavy atom. The molecule has 0 aliphatic rings. The van der Waals surface area contributed by atoms with Crippen LogP contribution >= 0.6 is 11.6 Å². The van der Waals surface area contributed by atoms with Gasteiger partial charge in [-0.15, -0.1) is 0 Å². The summed E-state index contributed by atoms with van der Waals surface area (Å²) in [7, 11) is 3.29. The number of hydrogen-bond donors (Lipinski definition) is 1. The summed E-state index contributed by atoms with van der Waals surface area (Å²) in [6.45, 7) is 0. The molecule has 2 N–H and O–H groups in total. The van der Waals surface area contributed by atoms with Gasteiger partial charge in [0.1, 0.15) is 11.5 Å². The predicted octanol–water partition coefficient (Wildman–Crippen LogP) is 3.60. The second-order valence-electron chi connectivity index (χ2n) is 4.54. The van der Waals surface area contributed by atoms with Crippen LogP contribution in [0.5, 0.6) is 11.5 Å². The van der Waals surface area contributed by atoms with Crippen LogP contribution in [0.25, 0.3) is 0 Å². The molecule has 2 aromatic carbocycles. The molecule has 3 nitrogen and oxygen atoms in total. The summed E-state index contributed by atoms with van der Waals surface area (Å²) in [5, 5.41) is 0.690. The third-order valence-electron chi connectivity index (χ3n) is 3.20. The van der Waals surface area contributed by atoms with Gasteiger partial charge >= 0.3 is 0 Å². The van der Waals surface area contributed by atoms with Gasteiger partial charge < -0.3 is 15.2 Å². The first kappa shape index (κ1) is 14.7. The van der Waals surface area contributed by atoms with E-state index < -0.39 is 0 Å². The second-order valence-corrected chi connectivity index (χ2v) is 4.98. The summed E-state index contributed by atoms with van der Waals surface area (Å²) in [6.07, 6.45) is 0.653. The molecule has 2 rings (SSSR count). The summed E-state index contributed by atoms with van der Waals surface area (Å²) in [5.41, 5.74) is 8.27. The second kappa shape index (κ2) is 6.64. The zero-order valence-electron chi connectivity index (χ0n) is 11.6. The van der Waals surface area contributed by atoms with E-state index in [1.54, 1.807) is 14.2 Å². The lowest BCUT2D eigenvalue weighted by Gasteiger charge is -2.16. The van der Waals surface area contributed by atoms with Crippen LogP contribution < -0.4 is 15.2 Å². The minimum Gasteiger partial charge on any atom is -0.497 e. The maximum atomic E-state index is 6.26. The number of benzene rings is 2. The highest BCUT2D eigenvalue weighted by molar-refractivity contribution is 6.30. The highest BCUT2D eigenvalue weighted by Crippen LogP contribution is 2.28. The van der Waals surface area contributed by atoms with Crippen LogP contribution in [0.3, 0.4) is 0 Å². The van der Waals surface area contributed by atoms with E-state index in [4.69, 9.17) is 26.8 Å². The zero-order valence-corrected chi connectivity index (χ0v) is 12.4. The van der Waals surface area contributed by atoms with Crippen molar-refractivity contribution in [3.05, 3.63) is 58.6 Å². The van der Waals surface area contributed by atoms with Crippen LogP contribution in [0.1, 0.15) is 17.2 Å². The highest BCUT2D eigenvalue weighted by atomic mass is 35.5. The first-order valence-corrected chi connectivity index (χ1v) is 6.73. The van der Waals surface area contributed by atoms with E-state index in [0.717, 1.165) is 22.6 Å². The number of halogens is 1. The number of ether oxygens (including phenoxy) is 2. The van der Waals surface area contributed by atoms with Gasteiger partial charge in [0.05, 0.1) is 14.2 Å². The van der Waals surface area contributed by atoms with E-state index >= 15 is 0 Å². The van der Waals surface area contributed by atoms with E-state index in [1.165, 1.54) is 0 Å². The zero-order chi connectivity index (χ0) is 14.5. The van der Waals surface area contributed by atoms with Crippen molar-refractivity contribution < 1.29 is 9.47 Å². The molecule has 0 amide bonds. The van der Waals surface area contributed by atoms with Crippen molar-refractivity contribution in [2.75, 3.05) is 14.2 Å². The SMILES string of the molecule is COc1ccc(OC)c(CC(N)c2cccc(Cl)c2)c1. The smallest absolute Gasteiger partial charge is 0.122 e. The van der Waals surface area contributed by atoms with Gasteiger partial charge in [0.2, 0.25) is 0 Å². The Hall–Kier alpha value is -1.71. The average Bonchev–Trinajstić information content (AvgIpc) is 2.47. The van der Waals surface area contributed by atoms with Gasteiger partial charge in [0.25, 0.3) is 0 Å². The molecule has 20 heavy (non-hydrogen) atoms. The Kier molecular flexibility index (Phi) is 4.88. The molecule has 106 valence electrons. The van der Waals surface area contributed by atoms with Gasteiger partial charge in [-0.1, -0.05) is 23.7 Å². The summed E-state index contributed by atoms with van der Waals surface area (Å²) < 4.78 is 10.6. The standard InChI is InChI=1S/C16H18ClNO2/c1-19-14-6-7-16(20-2)12(9-14)10-15(18)11-4-3-5-13(17)8-11/h3-9,15H,10,18H2,1-2H3. The van der Waals surface area contributed by atoms with Crippen LogP contribution in [-0.2, 0) is 6.42 Å². The lowest BCUT2D eigenvalue weighted by Crippen LogP contribution is -2.14. The largest absolute Gasteiger partial charge is 0.497 e. The molecule has 0 heterocycles. The first-order chi connectivity index (χ1) is 9.63. The molecule has 2 aromatic rings. The topological polar surface area (TPSA) is 44.5 Å². The molecule has 0 bridgehead atoms. The molecule has 0 aliphatic heterocycles. The fraction of sp³-hybridized carbons (Fsp3) is 0.250. The maximum Gasteiger partial charge on any atom is 0.122 e. The molecule has 0 spiro atoms. The van der Waals surface area contributed by atoms with Crippen molar-refractivity contribution in [3.63, 3.8) is 0 Å². The summed E-state index contributed by atoms with van der Waals surface area (Å²) in [6, 6.07) is 13.2. The molecule has 1 atom stereocenters. The van der Waals surface area contributed by atoms with Crippen LogP contribution in [0.2, 0.25) is 5.02 Å². The minimum absolute atomic E-state index is 0.144. The monoisotopic (exact) mass is 291 g/mol. The highest BCUT2D eigenvalue weighted by Gasteiger charge is 2.12. The lowest BCUT2D eigenvalue weighted by atomic mass is 9.99. The van der Waals surface area contributed by atoms with E-state index in [9.17, 15) is 0 Å². The normalized spacial score (nSPS) is 12.0. The minimum atomic E-state index is -0.144. The van der Waals surface area contributed by atoms with Gasteiger partial charge in [-0.25, -0.2) is 0 Å². The Bertz CT molecular complexity index is 586. The van der Waals surface area contributed by atoms with Gasteiger partial charge in [0.15, 0.2) is 0 Å². The lowest BCUT2D eigenvalue weighted by molar-refractivity contribution is 0.397.